The quantitative estimate of drug-likeness (QED) is 0.824. The summed E-state index contributed by atoms with van der Waals surface area (Å²) in [7, 11) is 0. The maximum absolute atomic E-state index is 9.88. The van der Waals surface area contributed by atoms with Gasteiger partial charge in [0.15, 0.2) is 0 Å². The summed E-state index contributed by atoms with van der Waals surface area (Å²) < 4.78 is 0. The molecule has 1 heterocycles. The van der Waals surface area contributed by atoms with Crippen LogP contribution in [0.3, 0.4) is 0 Å². The van der Waals surface area contributed by atoms with Gasteiger partial charge in [0.2, 0.25) is 0 Å². The Morgan fingerprint density at radius 1 is 1.41 bits per heavy atom. The first-order chi connectivity index (χ1) is 8.09. The summed E-state index contributed by atoms with van der Waals surface area (Å²) >= 11 is 0. The molecule has 1 aliphatic heterocycles. The van der Waals surface area contributed by atoms with Crippen molar-refractivity contribution in [3.63, 3.8) is 0 Å². The number of likely N-dealkylation sites (tertiary alicyclic amines) is 1. The van der Waals surface area contributed by atoms with Crippen molar-refractivity contribution in [2.45, 2.75) is 32.4 Å². The SMILES string of the molecule is CC1CN(C(C)c2ccccc2O)CCC1N. The number of aromatic hydroxyl groups is 1. The molecule has 3 unspecified atom stereocenters. The first-order valence-electron chi connectivity index (χ1n) is 6.37. The van der Waals surface area contributed by atoms with Crippen LogP contribution in [0.5, 0.6) is 5.75 Å². The fourth-order valence-electron chi connectivity index (χ4n) is 2.59. The molecule has 17 heavy (non-hydrogen) atoms. The minimum Gasteiger partial charge on any atom is -0.508 e. The van der Waals surface area contributed by atoms with Gasteiger partial charge in [-0.2, -0.15) is 0 Å². The molecule has 0 bridgehead atoms. The molecule has 2 rings (SSSR count). The standard InChI is InChI=1S/C14H22N2O/c1-10-9-16(8-7-13(10)15)11(2)12-5-3-4-6-14(12)17/h3-6,10-11,13,17H,7-9,15H2,1-2H3. The number of benzene rings is 1. The third kappa shape index (κ3) is 2.61. The molecule has 0 saturated carbocycles. The van der Waals surface area contributed by atoms with Gasteiger partial charge < -0.3 is 10.8 Å². The fourth-order valence-corrected chi connectivity index (χ4v) is 2.59. The number of hydrogen-bond acceptors (Lipinski definition) is 3. The Morgan fingerprint density at radius 3 is 2.76 bits per heavy atom. The molecular formula is C14H22N2O. The van der Waals surface area contributed by atoms with Crippen LogP contribution in [0.25, 0.3) is 0 Å². The molecule has 0 aliphatic carbocycles. The lowest BCUT2D eigenvalue weighted by atomic mass is 9.92. The van der Waals surface area contributed by atoms with E-state index in [1.54, 1.807) is 6.07 Å². The van der Waals surface area contributed by atoms with Crippen molar-refractivity contribution in [3.8, 4) is 5.75 Å². The Balaban J connectivity index is 2.10. The van der Waals surface area contributed by atoms with E-state index in [-0.39, 0.29) is 6.04 Å². The second-order valence-electron chi connectivity index (χ2n) is 5.16. The summed E-state index contributed by atoms with van der Waals surface area (Å²) in [5.74, 6) is 0.916. The van der Waals surface area contributed by atoms with Gasteiger partial charge in [-0.1, -0.05) is 25.1 Å². The summed E-state index contributed by atoms with van der Waals surface area (Å²) in [5, 5.41) is 9.88. The monoisotopic (exact) mass is 234 g/mol. The van der Waals surface area contributed by atoms with E-state index in [0.717, 1.165) is 25.1 Å². The Hall–Kier alpha value is -1.06. The smallest absolute Gasteiger partial charge is 0.120 e. The average molecular weight is 234 g/mol. The molecule has 1 aromatic rings. The van der Waals surface area contributed by atoms with Gasteiger partial charge in [-0.05, 0) is 25.3 Å². The summed E-state index contributed by atoms with van der Waals surface area (Å²) in [4.78, 5) is 2.41. The first-order valence-corrected chi connectivity index (χ1v) is 6.37. The van der Waals surface area contributed by atoms with E-state index in [2.05, 4.69) is 18.7 Å². The summed E-state index contributed by atoms with van der Waals surface area (Å²) in [6.07, 6.45) is 1.04. The van der Waals surface area contributed by atoms with Crippen LogP contribution in [0.4, 0.5) is 0 Å². The second-order valence-corrected chi connectivity index (χ2v) is 5.16. The summed E-state index contributed by atoms with van der Waals surface area (Å²) in [6.45, 7) is 6.38. The molecule has 3 nitrogen and oxygen atoms in total. The maximum Gasteiger partial charge on any atom is 0.120 e. The number of hydrogen-bond donors (Lipinski definition) is 2. The predicted octanol–water partition coefficient (Wildman–Crippen LogP) is 2.12. The molecule has 3 atom stereocenters. The predicted molar refractivity (Wildman–Crippen MR) is 69.9 cm³/mol. The largest absolute Gasteiger partial charge is 0.508 e. The zero-order valence-corrected chi connectivity index (χ0v) is 10.6. The third-order valence-corrected chi connectivity index (χ3v) is 3.94. The van der Waals surface area contributed by atoms with Crippen LogP contribution in [0.15, 0.2) is 24.3 Å². The van der Waals surface area contributed by atoms with Gasteiger partial charge >= 0.3 is 0 Å². The van der Waals surface area contributed by atoms with Gasteiger partial charge in [-0.25, -0.2) is 0 Å². The van der Waals surface area contributed by atoms with Crippen LogP contribution in [0, 0.1) is 5.92 Å². The first kappa shape index (κ1) is 12.4. The number of phenolic OH excluding ortho intramolecular Hbond substituents is 1. The molecule has 0 radical (unpaired) electrons. The van der Waals surface area contributed by atoms with Crippen molar-refractivity contribution in [1.29, 1.82) is 0 Å². The van der Waals surface area contributed by atoms with Crippen LogP contribution in [-0.4, -0.2) is 29.1 Å². The number of rotatable bonds is 2. The molecule has 3 heteroatoms. The second kappa shape index (κ2) is 5.07. The lowest BCUT2D eigenvalue weighted by molar-refractivity contribution is 0.122. The molecule has 0 spiro atoms. The topological polar surface area (TPSA) is 49.5 Å². The van der Waals surface area contributed by atoms with E-state index in [1.807, 2.05) is 18.2 Å². The highest BCUT2D eigenvalue weighted by Crippen LogP contribution is 2.30. The van der Waals surface area contributed by atoms with E-state index < -0.39 is 0 Å². The average Bonchev–Trinajstić information content (AvgIpc) is 2.32. The molecule has 1 aliphatic rings. The highest BCUT2D eigenvalue weighted by Gasteiger charge is 2.27. The molecule has 1 saturated heterocycles. The van der Waals surface area contributed by atoms with Gasteiger partial charge in [-0.3, -0.25) is 4.90 Å². The highest BCUT2D eigenvalue weighted by molar-refractivity contribution is 5.34. The Morgan fingerprint density at radius 2 is 2.12 bits per heavy atom. The molecule has 3 N–H and O–H groups in total. The van der Waals surface area contributed by atoms with Crippen molar-refractivity contribution in [1.82, 2.24) is 4.90 Å². The molecule has 94 valence electrons. The van der Waals surface area contributed by atoms with Gasteiger partial charge in [0.05, 0.1) is 0 Å². The maximum atomic E-state index is 9.88. The molecule has 1 aromatic carbocycles. The molecule has 1 fully saturated rings. The van der Waals surface area contributed by atoms with E-state index in [0.29, 0.717) is 17.7 Å². The Labute approximate surface area is 103 Å². The van der Waals surface area contributed by atoms with Gasteiger partial charge in [-0.15, -0.1) is 0 Å². The van der Waals surface area contributed by atoms with Crippen molar-refractivity contribution < 1.29 is 5.11 Å². The van der Waals surface area contributed by atoms with E-state index in [9.17, 15) is 5.11 Å². The number of nitrogens with two attached hydrogens (primary N) is 1. The van der Waals surface area contributed by atoms with E-state index in [4.69, 9.17) is 5.73 Å². The van der Waals surface area contributed by atoms with Gasteiger partial charge in [0, 0.05) is 30.7 Å². The van der Waals surface area contributed by atoms with E-state index in [1.165, 1.54) is 0 Å². The number of phenols is 1. The van der Waals surface area contributed by atoms with Crippen LogP contribution < -0.4 is 5.73 Å². The van der Waals surface area contributed by atoms with Gasteiger partial charge in [0.25, 0.3) is 0 Å². The zero-order chi connectivity index (χ0) is 12.4. The van der Waals surface area contributed by atoms with Crippen molar-refractivity contribution in [2.75, 3.05) is 13.1 Å². The molecule has 0 amide bonds. The van der Waals surface area contributed by atoms with E-state index >= 15 is 0 Å². The molecular weight excluding hydrogens is 212 g/mol. The van der Waals surface area contributed by atoms with Crippen LogP contribution in [-0.2, 0) is 0 Å². The Kier molecular flexibility index (Phi) is 3.69. The normalized spacial score (nSPS) is 27.9. The lowest BCUT2D eigenvalue weighted by Crippen LogP contribution is -2.46. The van der Waals surface area contributed by atoms with Crippen LogP contribution in [0.2, 0.25) is 0 Å². The van der Waals surface area contributed by atoms with Crippen molar-refractivity contribution in [3.05, 3.63) is 29.8 Å². The van der Waals surface area contributed by atoms with Crippen molar-refractivity contribution in [2.24, 2.45) is 11.7 Å². The van der Waals surface area contributed by atoms with Crippen molar-refractivity contribution >= 4 is 0 Å². The Bertz CT molecular complexity index is 380. The number of piperidine rings is 1. The number of nitrogens with zero attached hydrogens (tertiary/aromatic N) is 1. The van der Waals surface area contributed by atoms with Gasteiger partial charge in [0.1, 0.15) is 5.75 Å². The summed E-state index contributed by atoms with van der Waals surface area (Å²) in [6, 6.07) is 8.17. The lowest BCUT2D eigenvalue weighted by Gasteiger charge is -2.39. The van der Waals surface area contributed by atoms with Crippen LogP contribution in [0.1, 0.15) is 31.9 Å². The zero-order valence-electron chi connectivity index (χ0n) is 10.6. The van der Waals surface area contributed by atoms with Crippen LogP contribution >= 0.6 is 0 Å². The minimum absolute atomic E-state index is 0.256. The minimum atomic E-state index is 0.256. The third-order valence-electron chi connectivity index (χ3n) is 3.94. The summed E-state index contributed by atoms with van der Waals surface area (Å²) in [5.41, 5.74) is 7.04. The molecule has 0 aromatic heterocycles. The fraction of sp³-hybridized carbons (Fsp3) is 0.571. The number of para-hydroxylation sites is 1. The highest BCUT2D eigenvalue weighted by atomic mass is 16.3.